The van der Waals surface area contributed by atoms with Gasteiger partial charge in [0, 0.05) is 17.1 Å². The van der Waals surface area contributed by atoms with Crippen LogP contribution in [0.15, 0.2) is 42.7 Å². The highest BCUT2D eigenvalue weighted by Crippen LogP contribution is 2.34. The SMILES string of the molecule is C#CCOc1cc2ncnc(Nc3cccc(F)c3)c2cc1OC. The van der Waals surface area contributed by atoms with Crippen LogP contribution in [0.5, 0.6) is 11.5 Å². The summed E-state index contributed by atoms with van der Waals surface area (Å²) >= 11 is 0. The molecule has 3 aromatic rings. The molecule has 0 aliphatic heterocycles. The molecule has 1 heterocycles. The van der Waals surface area contributed by atoms with Gasteiger partial charge in [-0.05, 0) is 24.3 Å². The molecule has 2 aromatic carbocycles. The molecule has 0 fully saturated rings. The van der Waals surface area contributed by atoms with Crippen molar-refractivity contribution in [1.29, 1.82) is 0 Å². The number of methoxy groups -OCH3 is 1. The quantitative estimate of drug-likeness (QED) is 0.728. The lowest BCUT2D eigenvalue weighted by Crippen LogP contribution is -2.00. The van der Waals surface area contributed by atoms with Gasteiger partial charge >= 0.3 is 0 Å². The van der Waals surface area contributed by atoms with Gasteiger partial charge in [0.1, 0.15) is 24.6 Å². The number of fused-ring (bicyclic) bond motifs is 1. The van der Waals surface area contributed by atoms with Crippen molar-refractivity contribution in [3.8, 4) is 23.8 Å². The molecule has 0 radical (unpaired) electrons. The van der Waals surface area contributed by atoms with Crippen molar-refractivity contribution in [3.63, 3.8) is 0 Å². The number of aromatic nitrogens is 2. The van der Waals surface area contributed by atoms with Gasteiger partial charge in [0.25, 0.3) is 0 Å². The number of rotatable bonds is 5. The lowest BCUT2D eigenvalue weighted by atomic mass is 10.2. The topological polar surface area (TPSA) is 56.3 Å². The molecule has 0 atom stereocenters. The van der Waals surface area contributed by atoms with E-state index in [2.05, 4.69) is 21.2 Å². The Morgan fingerprint density at radius 3 is 2.83 bits per heavy atom. The Hall–Kier alpha value is -3.33. The average molecular weight is 323 g/mol. The van der Waals surface area contributed by atoms with Crippen LogP contribution in [0.3, 0.4) is 0 Å². The van der Waals surface area contributed by atoms with E-state index >= 15 is 0 Å². The molecule has 0 saturated heterocycles. The fourth-order valence-electron chi connectivity index (χ4n) is 2.26. The normalized spacial score (nSPS) is 10.2. The predicted molar refractivity (Wildman–Crippen MR) is 90.1 cm³/mol. The summed E-state index contributed by atoms with van der Waals surface area (Å²) < 4.78 is 24.2. The Labute approximate surface area is 138 Å². The van der Waals surface area contributed by atoms with E-state index in [0.717, 1.165) is 0 Å². The minimum atomic E-state index is -0.332. The first-order valence-electron chi connectivity index (χ1n) is 7.13. The summed E-state index contributed by atoms with van der Waals surface area (Å²) in [5, 5.41) is 3.80. The predicted octanol–water partition coefficient (Wildman–Crippen LogP) is 3.53. The number of nitrogens with zero attached hydrogens (tertiary/aromatic N) is 2. The van der Waals surface area contributed by atoms with Crippen molar-refractivity contribution in [3.05, 3.63) is 48.5 Å². The van der Waals surface area contributed by atoms with Crippen molar-refractivity contribution in [1.82, 2.24) is 9.97 Å². The zero-order valence-electron chi connectivity index (χ0n) is 12.9. The largest absolute Gasteiger partial charge is 0.493 e. The van der Waals surface area contributed by atoms with Crippen LogP contribution in [0.2, 0.25) is 0 Å². The molecule has 0 amide bonds. The number of hydrogen-bond acceptors (Lipinski definition) is 5. The molecule has 0 unspecified atom stereocenters. The van der Waals surface area contributed by atoms with Crippen LogP contribution in [-0.2, 0) is 0 Å². The standard InChI is InChI=1S/C18H14FN3O2/c1-3-7-24-17-10-15-14(9-16(17)23-2)18(21-11-20-15)22-13-6-4-5-12(19)8-13/h1,4-6,8-11H,7H2,2H3,(H,20,21,22). The van der Waals surface area contributed by atoms with Crippen LogP contribution < -0.4 is 14.8 Å². The van der Waals surface area contributed by atoms with E-state index in [9.17, 15) is 4.39 Å². The first-order chi connectivity index (χ1) is 11.7. The zero-order chi connectivity index (χ0) is 16.9. The lowest BCUT2D eigenvalue weighted by Gasteiger charge is -2.12. The van der Waals surface area contributed by atoms with Gasteiger partial charge < -0.3 is 14.8 Å². The Morgan fingerprint density at radius 2 is 2.08 bits per heavy atom. The molecule has 24 heavy (non-hydrogen) atoms. The highest BCUT2D eigenvalue weighted by Gasteiger charge is 2.11. The molecule has 0 saturated carbocycles. The summed E-state index contributed by atoms with van der Waals surface area (Å²) in [5.74, 6) is 3.62. The molecule has 6 heteroatoms. The molecule has 0 spiro atoms. The van der Waals surface area contributed by atoms with Gasteiger partial charge in [0.2, 0.25) is 0 Å². The highest BCUT2D eigenvalue weighted by atomic mass is 19.1. The fraction of sp³-hybridized carbons (Fsp3) is 0.111. The summed E-state index contributed by atoms with van der Waals surface area (Å²) in [6.07, 6.45) is 6.64. The van der Waals surface area contributed by atoms with Crippen molar-refractivity contribution in [2.24, 2.45) is 0 Å². The Balaban J connectivity index is 2.04. The summed E-state index contributed by atoms with van der Waals surface area (Å²) in [6.45, 7) is 0.126. The van der Waals surface area contributed by atoms with Crippen molar-refractivity contribution < 1.29 is 13.9 Å². The molecule has 0 aliphatic carbocycles. The Morgan fingerprint density at radius 1 is 1.21 bits per heavy atom. The molecule has 3 rings (SSSR count). The molecule has 1 aromatic heterocycles. The van der Waals surface area contributed by atoms with Crippen molar-refractivity contribution >= 4 is 22.4 Å². The summed E-state index contributed by atoms with van der Waals surface area (Å²) in [7, 11) is 1.54. The third-order valence-electron chi connectivity index (χ3n) is 3.32. The molecular formula is C18H14FN3O2. The minimum absolute atomic E-state index is 0.126. The maximum Gasteiger partial charge on any atom is 0.164 e. The second-order valence-electron chi connectivity index (χ2n) is 4.87. The van der Waals surface area contributed by atoms with E-state index in [4.69, 9.17) is 15.9 Å². The average Bonchev–Trinajstić information content (AvgIpc) is 2.59. The van der Waals surface area contributed by atoms with Gasteiger partial charge in [0.05, 0.1) is 12.6 Å². The van der Waals surface area contributed by atoms with Gasteiger partial charge in [0.15, 0.2) is 11.5 Å². The van der Waals surface area contributed by atoms with E-state index in [1.165, 1.54) is 25.6 Å². The van der Waals surface area contributed by atoms with E-state index in [-0.39, 0.29) is 12.4 Å². The number of anilines is 2. The van der Waals surface area contributed by atoms with Gasteiger partial charge in [-0.15, -0.1) is 6.42 Å². The van der Waals surface area contributed by atoms with Gasteiger partial charge in [-0.3, -0.25) is 0 Å². The smallest absolute Gasteiger partial charge is 0.164 e. The third kappa shape index (κ3) is 3.20. The lowest BCUT2D eigenvalue weighted by molar-refractivity contribution is 0.331. The Bertz CT molecular complexity index is 922. The summed E-state index contributed by atoms with van der Waals surface area (Å²) in [4.78, 5) is 8.46. The van der Waals surface area contributed by atoms with Crippen LogP contribution in [-0.4, -0.2) is 23.7 Å². The fourth-order valence-corrected chi connectivity index (χ4v) is 2.26. The molecule has 0 bridgehead atoms. The van der Waals surface area contributed by atoms with Crippen LogP contribution in [0.4, 0.5) is 15.9 Å². The third-order valence-corrected chi connectivity index (χ3v) is 3.32. The summed E-state index contributed by atoms with van der Waals surface area (Å²) in [5.41, 5.74) is 1.23. The van der Waals surface area contributed by atoms with E-state index in [1.54, 1.807) is 24.3 Å². The maximum absolute atomic E-state index is 13.3. The molecular weight excluding hydrogens is 309 g/mol. The number of nitrogens with one attached hydrogen (secondary N) is 1. The van der Waals surface area contributed by atoms with Crippen LogP contribution in [0, 0.1) is 18.2 Å². The van der Waals surface area contributed by atoms with E-state index in [0.29, 0.717) is 33.9 Å². The summed E-state index contributed by atoms with van der Waals surface area (Å²) in [6, 6.07) is 9.61. The highest BCUT2D eigenvalue weighted by molar-refractivity contribution is 5.93. The van der Waals surface area contributed by atoms with Gasteiger partial charge in [-0.1, -0.05) is 12.0 Å². The van der Waals surface area contributed by atoms with Gasteiger partial charge in [-0.2, -0.15) is 0 Å². The molecule has 120 valence electrons. The van der Waals surface area contributed by atoms with Gasteiger partial charge in [-0.25, -0.2) is 14.4 Å². The zero-order valence-corrected chi connectivity index (χ0v) is 12.9. The van der Waals surface area contributed by atoms with E-state index in [1.807, 2.05) is 0 Å². The maximum atomic E-state index is 13.3. The number of hydrogen-bond donors (Lipinski definition) is 1. The molecule has 1 N–H and O–H groups in total. The second kappa shape index (κ2) is 6.84. The first-order valence-corrected chi connectivity index (χ1v) is 7.13. The first kappa shape index (κ1) is 15.6. The number of terminal acetylenes is 1. The number of ether oxygens (including phenoxy) is 2. The van der Waals surface area contributed by atoms with Crippen molar-refractivity contribution in [2.45, 2.75) is 0 Å². The minimum Gasteiger partial charge on any atom is -0.493 e. The van der Waals surface area contributed by atoms with Crippen molar-refractivity contribution in [2.75, 3.05) is 19.0 Å². The molecule has 5 nitrogen and oxygen atoms in total. The van der Waals surface area contributed by atoms with Crippen LogP contribution in [0.1, 0.15) is 0 Å². The number of halogens is 1. The monoisotopic (exact) mass is 323 g/mol. The van der Waals surface area contributed by atoms with Crippen LogP contribution in [0.25, 0.3) is 10.9 Å². The van der Waals surface area contributed by atoms with E-state index < -0.39 is 0 Å². The number of benzene rings is 2. The molecule has 0 aliphatic rings. The second-order valence-corrected chi connectivity index (χ2v) is 4.87. The van der Waals surface area contributed by atoms with Crippen LogP contribution >= 0.6 is 0 Å². The Kier molecular flexibility index (Phi) is 4.43.